The molecule has 2 rings (SSSR count). The van der Waals surface area contributed by atoms with Crippen LogP contribution in [0.1, 0.15) is 45.4 Å². The van der Waals surface area contributed by atoms with E-state index < -0.39 is 0 Å². The Morgan fingerprint density at radius 2 is 1.95 bits per heavy atom. The molecular formula is C17H22O2. The monoisotopic (exact) mass is 258 g/mol. The Kier molecular flexibility index (Phi) is 4.78. The molecule has 0 N–H and O–H groups in total. The number of allylic oxidation sites excluding steroid dienone is 8. The van der Waals surface area contributed by atoms with Crippen LogP contribution in [-0.4, -0.2) is 13.1 Å². The third-order valence-electron chi connectivity index (χ3n) is 3.79. The molecule has 102 valence electrons. The highest BCUT2D eigenvalue weighted by molar-refractivity contribution is 5.69. The largest absolute Gasteiger partial charge is 0.469 e. The highest BCUT2D eigenvalue weighted by Crippen LogP contribution is 2.32. The minimum absolute atomic E-state index is 0.106. The fourth-order valence-electron chi connectivity index (χ4n) is 2.60. The van der Waals surface area contributed by atoms with Crippen molar-refractivity contribution in [2.75, 3.05) is 7.11 Å². The van der Waals surface area contributed by atoms with E-state index in [1.54, 1.807) is 0 Å². The van der Waals surface area contributed by atoms with Crippen LogP contribution in [0.15, 0.2) is 46.6 Å². The van der Waals surface area contributed by atoms with Crippen LogP contribution in [0.25, 0.3) is 0 Å². The lowest BCUT2D eigenvalue weighted by Crippen LogP contribution is -2.01. The van der Waals surface area contributed by atoms with Crippen molar-refractivity contribution >= 4 is 5.97 Å². The Bertz CT molecular complexity index is 475. The van der Waals surface area contributed by atoms with Crippen molar-refractivity contribution in [3.8, 4) is 0 Å². The van der Waals surface area contributed by atoms with Crippen LogP contribution in [0.4, 0.5) is 0 Å². The summed E-state index contributed by atoms with van der Waals surface area (Å²) in [6, 6.07) is 0. The number of rotatable bonds is 5. The van der Waals surface area contributed by atoms with Gasteiger partial charge in [0.2, 0.25) is 0 Å². The van der Waals surface area contributed by atoms with E-state index in [9.17, 15) is 4.79 Å². The average Bonchev–Trinajstić information content (AvgIpc) is 2.86. The number of carbonyl (C=O) groups excluding carboxylic acids is 1. The molecule has 0 aliphatic heterocycles. The van der Waals surface area contributed by atoms with E-state index in [-0.39, 0.29) is 5.97 Å². The highest BCUT2D eigenvalue weighted by atomic mass is 16.5. The maximum absolute atomic E-state index is 11.0. The molecule has 0 amide bonds. The van der Waals surface area contributed by atoms with Crippen molar-refractivity contribution < 1.29 is 9.53 Å². The van der Waals surface area contributed by atoms with Crippen LogP contribution in [-0.2, 0) is 9.53 Å². The normalized spacial score (nSPS) is 18.4. The second-order valence-corrected chi connectivity index (χ2v) is 5.33. The lowest BCUT2D eigenvalue weighted by Gasteiger charge is -2.16. The first-order valence-corrected chi connectivity index (χ1v) is 7.01. The average molecular weight is 258 g/mol. The highest BCUT2D eigenvalue weighted by Gasteiger charge is 2.13. The van der Waals surface area contributed by atoms with Crippen LogP contribution < -0.4 is 0 Å². The fraction of sp³-hybridized carbons (Fsp3) is 0.471. The molecule has 2 aliphatic rings. The van der Waals surface area contributed by atoms with Crippen LogP contribution >= 0.6 is 0 Å². The summed E-state index contributed by atoms with van der Waals surface area (Å²) in [5.74, 6) is -0.106. The molecule has 0 heterocycles. The van der Waals surface area contributed by atoms with Crippen LogP contribution in [0.5, 0.6) is 0 Å². The predicted octanol–water partition coefficient (Wildman–Crippen LogP) is 4.25. The predicted molar refractivity (Wildman–Crippen MR) is 77.7 cm³/mol. The molecule has 0 aromatic heterocycles. The number of hydrogen-bond acceptors (Lipinski definition) is 2. The van der Waals surface area contributed by atoms with Gasteiger partial charge >= 0.3 is 5.97 Å². The van der Waals surface area contributed by atoms with E-state index in [0.29, 0.717) is 6.42 Å². The molecule has 2 aliphatic carbocycles. The molecule has 0 bridgehead atoms. The van der Waals surface area contributed by atoms with Crippen molar-refractivity contribution in [1.29, 1.82) is 0 Å². The van der Waals surface area contributed by atoms with Gasteiger partial charge in [0.25, 0.3) is 0 Å². The van der Waals surface area contributed by atoms with Crippen LogP contribution in [0, 0.1) is 0 Å². The molecule has 0 radical (unpaired) electrons. The molecule has 0 aromatic rings. The quantitative estimate of drug-likeness (QED) is 0.689. The van der Waals surface area contributed by atoms with E-state index in [1.165, 1.54) is 29.4 Å². The zero-order valence-corrected chi connectivity index (χ0v) is 11.9. The number of hydrogen-bond donors (Lipinski definition) is 0. The third-order valence-corrected chi connectivity index (χ3v) is 3.79. The van der Waals surface area contributed by atoms with Gasteiger partial charge in [-0.3, -0.25) is 4.79 Å². The molecule has 0 saturated carbocycles. The number of carbonyl (C=O) groups is 1. The van der Waals surface area contributed by atoms with Gasteiger partial charge in [0.05, 0.1) is 7.11 Å². The zero-order chi connectivity index (χ0) is 13.7. The van der Waals surface area contributed by atoms with Crippen LogP contribution in [0.2, 0.25) is 0 Å². The molecule has 0 unspecified atom stereocenters. The van der Waals surface area contributed by atoms with Gasteiger partial charge in [0.15, 0.2) is 0 Å². The lowest BCUT2D eigenvalue weighted by molar-refractivity contribution is -0.140. The molecule has 0 spiro atoms. The van der Waals surface area contributed by atoms with Gasteiger partial charge < -0.3 is 4.74 Å². The second-order valence-electron chi connectivity index (χ2n) is 5.33. The maximum atomic E-state index is 11.0. The van der Waals surface area contributed by atoms with Crippen molar-refractivity contribution in [2.45, 2.75) is 45.4 Å². The van der Waals surface area contributed by atoms with Crippen molar-refractivity contribution in [1.82, 2.24) is 0 Å². The Labute approximate surface area is 115 Å². The molecule has 0 saturated heterocycles. The number of esters is 1. The molecule has 19 heavy (non-hydrogen) atoms. The molecule has 2 nitrogen and oxygen atoms in total. The SMILES string of the molecule is COC(=O)CCCC1=CC=C(C2=CC=C(C)C2)CC1. The van der Waals surface area contributed by atoms with Crippen molar-refractivity contribution in [3.63, 3.8) is 0 Å². The van der Waals surface area contributed by atoms with E-state index in [0.717, 1.165) is 32.1 Å². The van der Waals surface area contributed by atoms with Gasteiger partial charge in [-0.2, -0.15) is 0 Å². The molecular weight excluding hydrogens is 236 g/mol. The van der Waals surface area contributed by atoms with Gasteiger partial charge in [-0.1, -0.05) is 35.5 Å². The van der Waals surface area contributed by atoms with Gasteiger partial charge in [-0.05, 0) is 50.2 Å². The zero-order valence-electron chi connectivity index (χ0n) is 11.9. The van der Waals surface area contributed by atoms with Gasteiger partial charge in [0.1, 0.15) is 0 Å². The van der Waals surface area contributed by atoms with Gasteiger partial charge in [0, 0.05) is 6.42 Å². The Balaban J connectivity index is 1.82. The van der Waals surface area contributed by atoms with E-state index in [2.05, 4.69) is 36.0 Å². The molecule has 0 aromatic carbocycles. The minimum atomic E-state index is -0.106. The van der Waals surface area contributed by atoms with Crippen molar-refractivity contribution in [2.24, 2.45) is 0 Å². The lowest BCUT2D eigenvalue weighted by atomic mass is 9.90. The van der Waals surface area contributed by atoms with E-state index in [4.69, 9.17) is 0 Å². The number of methoxy groups -OCH3 is 1. The van der Waals surface area contributed by atoms with Crippen LogP contribution in [0.3, 0.4) is 0 Å². The Morgan fingerprint density at radius 3 is 2.53 bits per heavy atom. The standard InChI is InChI=1S/C17H22O2/c1-13-6-9-16(12-13)15-10-7-14(8-11-15)4-3-5-17(18)19-2/h6-7,9-10H,3-5,8,11-12H2,1-2H3. The summed E-state index contributed by atoms with van der Waals surface area (Å²) in [5, 5.41) is 0. The first-order chi connectivity index (χ1) is 9.19. The maximum Gasteiger partial charge on any atom is 0.305 e. The summed E-state index contributed by atoms with van der Waals surface area (Å²) in [7, 11) is 1.45. The second kappa shape index (κ2) is 6.55. The topological polar surface area (TPSA) is 26.3 Å². The Morgan fingerprint density at radius 1 is 1.16 bits per heavy atom. The summed E-state index contributed by atoms with van der Waals surface area (Å²) in [5.41, 5.74) is 5.85. The summed E-state index contributed by atoms with van der Waals surface area (Å²) in [6.45, 7) is 2.18. The van der Waals surface area contributed by atoms with E-state index in [1.807, 2.05) is 0 Å². The summed E-state index contributed by atoms with van der Waals surface area (Å²) in [4.78, 5) is 11.0. The van der Waals surface area contributed by atoms with Gasteiger partial charge in [-0.15, -0.1) is 0 Å². The Hall–Kier alpha value is -1.57. The fourth-order valence-corrected chi connectivity index (χ4v) is 2.60. The van der Waals surface area contributed by atoms with E-state index >= 15 is 0 Å². The third kappa shape index (κ3) is 3.95. The smallest absolute Gasteiger partial charge is 0.305 e. The summed E-state index contributed by atoms with van der Waals surface area (Å²) < 4.78 is 4.65. The van der Waals surface area contributed by atoms with Gasteiger partial charge in [-0.25, -0.2) is 0 Å². The first kappa shape index (κ1) is 13.9. The molecule has 0 fully saturated rings. The summed E-state index contributed by atoms with van der Waals surface area (Å²) in [6.07, 6.45) is 14.8. The first-order valence-electron chi connectivity index (χ1n) is 7.01. The molecule has 2 heteroatoms. The van der Waals surface area contributed by atoms with Crippen molar-refractivity contribution in [3.05, 3.63) is 46.6 Å². The molecule has 0 atom stereocenters. The minimum Gasteiger partial charge on any atom is -0.469 e. The summed E-state index contributed by atoms with van der Waals surface area (Å²) >= 11 is 0. The number of ether oxygens (including phenoxy) is 1.